The molecule has 0 saturated heterocycles. The van der Waals surface area contributed by atoms with Crippen molar-refractivity contribution in [1.29, 1.82) is 0 Å². The molecule has 0 bridgehead atoms. The van der Waals surface area contributed by atoms with Gasteiger partial charge in [-0.2, -0.15) is 0 Å². The number of hydrogen-bond donors (Lipinski definition) is 2. The van der Waals surface area contributed by atoms with Gasteiger partial charge in [0.15, 0.2) is 0 Å². The third-order valence-electron chi connectivity index (χ3n) is 0.670. The molecule has 0 fully saturated rings. The molecule has 0 rings (SSSR count). The summed E-state index contributed by atoms with van der Waals surface area (Å²) in [6.07, 6.45) is 0. The second-order valence-electron chi connectivity index (χ2n) is 1.42. The molecular formula is C5H11NaO4. The third-order valence-corrected chi connectivity index (χ3v) is 0.670. The Morgan fingerprint density at radius 2 is 1.90 bits per heavy atom. The van der Waals surface area contributed by atoms with E-state index in [4.69, 9.17) is 10.2 Å². The summed E-state index contributed by atoms with van der Waals surface area (Å²) in [5, 5.41) is 16.3. The molecule has 0 aromatic rings. The van der Waals surface area contributed by atoms with Gasteiger partial charge in [0.1, 0.15) is 6.61 Å². The average molecular weight is 158 g/mol. The summed E-state index contributed by atoms with van der Waals surface area (Å²) < 4.78 is 4.38. The Kier molecular flexibility index (Phi) is 12.2. The molecule has 0 aliphatic carbocycles. The summed E-state index contributed by atoms with van der Waals surface area (Å²) >= 11 is 0. The molecule has 0 unspecified atom stereocenters. The molecule has 0 aromatic heterocycles. The average Bonchev–Trinajstić information content (AvgIpc) is 1.85. The van der Waals surface area contributed by atoms with Crippen LogP contribution in [0.25, 0.3) is 0 Å². The molecule has 0 aliphatic heterocycles. The molecule has 4 nitrogen and oxygen atoms in total. The van der Waals surface area contributed by atoms with Crippen LogP contribution in [0.1, 0.15) is 6.42 Å². The quantitative estimate of drug-likeness (QED) is 0.376. The number of hydrogen-bond acceptors (Lipinski definition) is 4. The summed E-state index contributed by atoms with van der Waals surface area (Å²) in [6, 6.07) is 0. The zero-order valence-electron chi connectivity index (χ0n) is 5.04. The van der Waals surface area contributed by atoms with E-state index in [9.17, 15) is 4.79 Å². The number of ether oxygens (including phenoxy) is 1. The number of aliphatic hydroxyl groups is 2. The van der Waals surface area contributed by atoms with E-state index in [1.54, 1.807) is 0 Å². The van der Waals surface area contributed by atoms with Crippen molar-refractivity contribution in [3.8, 4) is 0 Å². The van der Waals surface area contributed by atoms with Gasteiger partial charge in [-0.3, -0.25) is 4.79 Å². The Hall–Kier alpha value is 0.390. The van der Waals surface area contributed by atoms with Gasteiger partial charge in [0.2, 0.25) is 0 Å². The predicted molar refractivity (Wildman–Crippen MR) is 36.9 cm³/mol. The van der Waals surface area contributed by atoms with Crippen molar-refractivity contribution in [2.45, 2.75) is 6.42 Å². The molecule has 10 heavy (non-hydrogen) atoms. The van der Waals surface area contributed by atoms with E-state index >= 15 is 0 Å². The van der Waals surface area contributed by atoms with Crippen molar-refractivity contribution in [2.24, 2.45) is 0 Å². The Bertz CT molecular complexity index is 85.7. The second-order valence-corrected chi connectivity index (χ2v) is 1.42. The van der Waals surface area contributed by atoms with Crippen LogP contribution in [-0.4, -0.2) is 65.6 Å². The Morgan fingerprint density at radius 1 is 1.30 bits per heavy atom. The van der Waals surface area contributed by atoms with E-state index in [0.717, 1.165) is 0 Å². The summed E-state index contributed by atoms with van der Waals surface area (Å²) in [7, 11) is 0. The first-order chi connectivity index (χ1) is 4.31. The standard InChI is InChI=1S/C5H10O4.Na.H/c6-2-1-5(8)9-4-3-7;;/h6-7H,1-4H2;;. The summed E-state index contributed by atoms with van der Waals surface area (Å²) in [4.78, 5) is 10.3. The van der Waals surface area contributed by atoms with Crippen LogP contribution in [0.4, 0.5) is 0 Å². The first kappa shape index (κ1) is 13.0. The second kappa shape index (κ2) is 9.39. The molecular weight excluding hydrogens is 147 g/mol. The normalized spacial score (nSPS) is 8.20. The molecule has 56 valence electrons. The van der Waals surface area contributed by atoms with Gasteiger partial charge in [-0.1, -0.05) is 0 Å². The summed E-state index contributed by atoms with van der Waals surface area (Å²) in [6.45, 7) is -0.361. The molecule has 0 saturated carbocycles. The van der Waals surface area contributed by atoms with Crippen LogP contribution in [0.3, 0.4) is 0 Å². The van der Waals surface area contributed by atoms with Crippen molar-refractivity contribution in [1.82, 2.24) is 0 Å². The minimum absolute atomic E-state index is 0. The van der Waals surface area contributed by atoms with Crippen LogP contribution in [0.15, 0.2) is 0 Å². The SMILES string of the molecule is O=C(CCO)OCCO.[NaH]. The van der Waals surface area contributed by atoms with Crippen LogP contribution in [0, 0.1) is 0 Å². The zero-order chi connectivity index (χ0) is 7.11. The molecule has 0 aliphatic rings. The number of carbonyl (C=O) groups excluding carboxylic acids is 1. The maximum absolute atomic E-state index is 10.3. The first-order valence-corrected chi connectivity index (χ1v) is 2.68. The van der Waals surface area contributed by atoms with Gasteiger partial charge in [0.25, 0.3) is 0 Å². The first-order valence-electron chi connectivity index (χ1n) is 2.68. The van der Waals surface area contributed by atoms with E-state index in [0.29, 0.717) is 0 Å². The molecule has 0 aromatic carbocycles. The van der Waals surface area contributed by atoms with Crippen molar-refractivity contribution < 1.29 is 19.7 Å². The Labute approximate surface area is 81.5 Å². The van der Waals surface area contributed by atoms with E-state index in [1.165, 1.54) is 0 Å². The van der Waals surface area contributed by atoms with E-state index < -0.39 is 5.97 Å². The zero-order valence-corrected chi connectivity index (χ0v) is 5.04. The van der Waals surface area contributed by atoms with Crippen LogP contribution < -0.4 is 0 Å². The van der Waals surface area contributed by atoms with Crippen molar-refractivity contribution in [2.75, 3.05) is 19.8 Å². The fourth-order valence-corrected chi connectivity index (χ4v) is 0.323. The Morgan fingerprint density at radius 3 is 2.30 bits per heavy atom. The van der Waals surface area contributed by atoms with Crippen LogP contribution in [-0.2, 0) is 9.53 Å². The molecule has 0 radical (unpaired) electrons. The molecule has 0 heterocycles. The van der Waals surface area contributed by atoms with Gasteiger partial charge >= 0.3 is 35.5 Å². The van der Waals surface area contributed by atoms with E-state index in [-0.39, 0.29) is 55.8 Å². The van der Waals surface area contributed by atoms with E-state index in [2.05, 4.69) is 4.74 Å². The Balaban J connectivity index is 0. The number of rotatable bonds is 4. The topological polar surface area (TPSA) is 66.8 Å². The molecule has 0 amide bonds. The van der Waals surface area contributed by atoms with E-state index in [1.807, 2.05) is 0 Å². The van der Waals surface area contributed by atoms with Crippen LogP contribution in [0.5, 0.6) is 0 Å². The van der Waals surface area contributed by atoms with Crippen molar-refractivity contribution in [3.63, 3.8) is 0 Å². The van der Waals surface area contributed by atoms with Gasteiger partial charge < -0.3 is 14.9 Å². The molecule has 2 N–H and O–H groups in total. The number of aliphatic hydroxyl groups excluding tert-OH is 2. The van der Waals surface area contributed by atoms with Crippen LogP contribution >= 0.6 is 0 Å². The minimum atomic E-state index is -0.480. The summed E-state index contributed by atoms with van der Waals surface area (Å²) in [5.74, 6) is -0.480. The molecule has 0 atom stereocenters. The fourth-order valence-electron chi connectivity index (χ4n) is 0.323. The van der Waals surface area contributed by atoms with Crippen LogP contribution in [0.2, 0.25) is 0 Å². The molecule has 5 heteroatoms. The van der Waals surface area contributed by atoms with Crippen molar-refractivity contribution in [3.05, 3.63) is 0 Å². The van der Waals surface area contributed by atoms with Crippen molar-refractivity contribution >= 4 is 35.5 Å². The van der Waals surface area contributed by atoms with Gasteiger partial charge in [-0.15, -0.1) is 0 Å². The fraction of sp³-hybridized carbons (Fsp3) is 0.800. The van der Waals surface area contributed by atoms with Gasteiger partial charge in [0.05, 0.1) is 19.6 Å². The summed E-state index contributed by atoms with van der Waals surface area (Å²) in [5.41, 5.74) is 0. The predicted octanol–water partition coefficient (Wildman–Crippen LogP) is -1.74. The molecule has 0 spiro atoms. The number of carbonyl (C=O) groups is 1. The van der Waals surface area contributed by atoms with Gasteiger partial charge in [0, 0.05) is 0 Å². The maximum atomic E-state index is 10.3. The van der Waals surface area contributed by atoms with Gasteiger partial charge in [-0.25, -0.2) is 0 Å². The monoisotopic (exact) mass is 158 g/mol. The van der Waals surface area contributed by atoms with Gasteiger partial charge in [-0.05, 0) is 0 Å². The third kappa shape index (κ3) is 8.39. The number of esters is 1.